The molecule has 31 heavy (non-hydrogen) atoms. The first-order valence-corrected chi connectivity index (χ1v) is 12.1. The number of azo groups is 1. The Balaban J connectivity index is 2.27. The zero-order chi connectivity index (χ0) is 22.7. The molecular weight excluding hydrogens is 416 g/mol. The lowest BCUT2D eigenvalue weighted by Gasteiger charge is -2.31. The lowest BCUT2D eigenvalue weighted by molar-refractivity contribution is -0.139. The second-order valence-electron chi connectivity index (χ2n) is 6.60. The molecule has 0 saturated carbocycles. The van der Waals surface area contributed by atoms with E-state index in [1.807, 2.05) is 57.2 Å². The van der Waals surface area contributed by atoms with E-state index in [1.54, 1.807) is 19.1 Å². The van der Waals surface area contributed by atoms with Crippen molar-refractivity contribution in [2.24, 2.45) is 10.2 Å². The highest BCUT2D eigenvalue weighted by Crippen LogP contribution is 2.28. The van der Waals surface area contributed by atoms with E-state index < -0.39 is 20.9 Å². The molecule has 0 radical (unpaired) electrons. The van der Waals surface area contributed by atoms with Crippen molar-refractivity contribution in [2.75, 3.05) is 19.8 Å². The van der Waals surface area contributed by atoms with Crippen LogP contribution in [0.3, 0.4) is 0 Å². The fourth-order valence-corrected chi connectivity index (χ4v) is 5.57. The summed E-state index contributed by atoms with van der Waals surface area (Å²) in [6, 6.07) is 14.7. The molecule has 0 spiro atoms. The minimum absolute atomic E-state index is 0.138. The number of hydrogen-bond donors (Lipinski definition) is 1. The van der Waals surface area contributed by atoms with Gasteiger partial charge in [0, 0.05) is 18.4 Å². The summed E-state index contributed by atoms with van der Waals surface area (Å²) in [6.45, 7) is 8.62. The Bertz CT molecular complexity index is 853. The van der Waals surface area contributed by atoms with Crippen LogP contribution in [-0.2, 0) is 18.1 Å². The highest BCUT2D eigenvalue weighted by Gasteiger charge is 2.45. The van der Waals surface area contributed by atoms with E-state index in [-0.39, 0.29) is 6.42 Å². The molecule has 1 N–H and O–H groups in total. The predicted molar refractivity (Wildman–Crippen MR) is 120 cm³/mol. The number of para-hydroxylation sites is 1. The fraction of sp³-hybridized carbons (Fsp3) is 0.409. The van der Waals surface area contributed by atoms with Gasteiger partial charge in [0.05, 0.1) is 24.8 Å². The number of carboxylic acids is 1. The zero-order valence-electron chi connectivity index (χ0n) is 18.4. The van der Waals surface area contributed by atoms with Crippen molar-refractivity contribution < 1.29 is 27.9 Å². The first-order chi connectivity index (χ1) is 14.9. The standard InChI is InChI=1S/C22H30N2O6Si/c1-5-27-21-11-9-8-10-20(21)24-23-18-12-14-19(15-13-18)31(28-6-2,29-7-3)30-17(4)16-22(25)26/h8-15,17H,5-7,16H2,1-4H3,(H,25,26). The highest BCUT2D eigenvalue weighted by atomic mass is 28.4. The smallest absolute Gasteiger partial charge is 0.492 e. The summed E-state index contributed by atoms with van der Waals surface area (Å²) in [4.78, 5) is 11.1. The van der Waals surface area contributed by atoms with Crippen LogP contribution < -0.4 is 9.92 Å². The summed E-state index contributed by atoms with van der Waals surface area (Å²) in [6.07, 6.45) is -0.697. The molecule has 0 aliphatic rings. The van der Waals surface area contributed by atoms with Crippen LogP contribution in [0.5, 0.6) is 5.75 Å². The third-order valence-corrected chi connectivity index (χ3v) is 7.24. The van der Waals surface area contributed by atoms with Gasteiger partial charge in [-0.25, -0.2) is 0 Å². The van der Waals surface area contributed by atoms with Crippen LogP contribution >= 0.6 is 0 Å². The van der Waals surface area contributed by atoms with Crippen molar-refractivity contribution >= 4 is 31.3 Å². The molecule has 2 aromatic carbocycles. The van der Waals surface area contributed by atoms with Gasteiger partial charge in [-0.1, -0.05) is 24.3 Å². The van der Waals surface area contributed by atoms with E-state index in [2.05, 4.69) is 10.2 Å². The van der Waals surface area contributed by atoms with Crippen molar-refractivity contribution in [1.29, 1.82) is 0 Å². The predicted octanol–water partition coefficient (Wildman–Crippen LogP) is 4.60. The van der Waals surface area contributed by atoms with Gasteiger partial charge in [-0.15, -0.1) is 5.11 Å². The number of aliphatic carboxylic acids is 1. The summed E-state index contributed by atoms with van der Waals surface area (Å²) in [5.74, 6) is -0.267. The molecule has 0 bridgehead atoms. The second kappa shape index (κ2) is 12.3. The molecule has 9 heteroatoms. The minimum Gasteiger partial charge on any atom is -0.492 e. The van der Waals surface area contributed by atoms with Gasteiger partial charge >= 0.3 is 14.8 Å². The molecule has 2 aromatic rings. The average molecular weight is 447 g/mol. The lowest BCUT2D eigenvalue weighted by atomic mass is 10.3. The molecular formula is C22H30N2O6Si. The van der Waals surface area contributed by atoms with E-state index in [9.17, 15) is 4.79 Å². The summed E-state index contributed by atoms with van der Waals surface area (Å²) in [7, 11) is -3.29. The Kier molecular flexibility index (Phi) is 9.80. The van der Waals surface area contributed by atoms with E-state index in [1.165, 1.54) is 0 Å². The van der Waals surface area contributed by atoms with E-state index >= 15 is 0 Å². The molecule has 1 atom stereocenters. The summed E-state index contributed by atoms with van der Waals surface area (Å²) in [5, 5.41) is 18.4. The maximum Gasteiger partial charge on any atom is 0.537 e. The lowest BCUT2D eigenvalue weighted by Crippen LogP contribution is -2.58. The van der Waals surface area contributed by atoms with Gasteiger partial charge in [0.25, 0.3) is 0 Å². The monoisotopic (exact) mass is 446 g/mol. The van der Waals surface area contributed by atoms with Crippen LogP contribution in [0, 0.1) is 0 Å². The Labute approximate surface area is 184 Å². The SMILES string of the molecule is CCOc1ccccc1N=Nc1ccc([Si](OCC)(OCC)OC(C)CC(=O)O)cc1. The van der Waals surface area contributed by atoms with E-state index in [0.717, 1.165) is 5.19 Å². The molecule has 0 aromatic heterocycles. The maximum atomic E-state index is 11.1. The number of hydrogen-bond acceptors (Lipinski definition) is 7. The van der Waals surface area contributed by atoms with Gasteiger partial charge in [0.2, 0.25) is 0 Å². The summed E-state index contributed by atoms with van der Waals surface area (Å²) >= 11 is 0. The van der Waals surface area contributed by atoms with Gasteiger partial charge in [-0.05, 0) is 52.0 Å². The van der Waals surface area contributed by atoms with Gasteiger partial charge in [0.1, 0.15) is 11.4 Å². The normalized spacial score (nSPS) is 12.8. The minimum atomic E-state index is -3.29. The Morgan fingerprint density at radius 2 is 1.61 bits per heavy atom. The molecule has 0 aliphatic carbocycles. The fourth-order valence-electron chi connectivity index (χ4n) is 2.94. The van der Waals surface area contributed by atoms with Crippen LogP contribution in [-0.4, -0.2) is 45.8 Å². The van der Waals surface area contributed by atoms with Crippen LogP contribution in [0.2, 0.25) is 0 Å². The van der Waals surface area contributed by atoms with Crippen LogP contribution in [0.15, 0.2) is 58.8 Å². The van der Waals surface area contributed by atoms with Gasteiger partial charge < -0.3 is 23.1 Å². The third kappa shape index (κ3) is 7.25. The zero-order valence-corrected chi connectivity index (χ0v) is 19.4. The molecule has 0 aliphatic heterocycles. The van der Waals surface area contributed by atoms with Crippen molar-refractivity contribution in [3.05, 3.63) is 48.5 Å². The van der Waals surface area contributed by atoms with Crippen molar-refractivity contribution in [2.45, 2.75) is 40.2 Å². The van der Waals surface area contributed by atoms with Crippen LogP contribution in [0.4, 0.5) is 11.4 Å². The van der Waals surface area contributed by atoms with Gasteiger partial charge in [-0.3, -0.25) is 4.79 Å². The Morgan fingerprint density at radius 3 is 2.19 bits per heavy atom. The van der Waals surface area contributed by atoms with Gasteiger partial charge in [-0.2, -0.15) is 5.11 Å². The molecule has 0 saturated heterocycles. The number of ether oxygens (including phenoxy) is 1. The van der Waals surface area contributed by atoms with Crippen LogP contribution in [0.25, 0.3) is 0 Å². The average Bonchev–Trinajstić information content (AvgIpc) is 2.73. The first-order valence-electron chi connectivity index (χ1n) is 10.4. The number of carboxylic acid groups (broad SMARTS) is 1. The molecule has 0 heterocycles. The quantitative estimate of drug-likeness (QED) is 0.357. The molecule has 1 unspecified atom stereocenters. The number of rotatable bonds is 13. The Hall–Kier alpha value is -2.59. The van der Waals surface area contributed by atoms with Crippen LogP contribution in [0.1, 0.15) is 34.1 Å². The molecule has 0 amide bonds. The van der Waals surface area contributed by atoms with E-state index in [4.69, 9.17) is 23.1 Å². The Morgan fingerprint density at radius 1 is 0.968 bits per heavy atom. The maximum absolute atomic E-state index is 11.1. The topological polar surface area (TPSA) is 98.9 Å². The molecule has 168 valence electrons. The largest absolute Gasteiger partial charge is 0.537 e. The van der Waals surface area contributed by atoms with Crippen molar-refractivity contribution in [1.82, 2.24) is 0 Å². The molecule has 0 fully saturated rings. The van der Waals surface area contributed by atoms with Crippen molar-refractivity contribution in [3.63, 3.8) is 0 Å². The highest BCUT2D eigenvalue weighted by molar-refractivity contribution is 6.75. The summed E-state index contributed by atoms with van der Waals surface area (Å²) < 4.78 is 23.5. The summed E-state index contributed by atoms with van der Waals surface area (Å²) in [5.41, 5.74) is 1.29. The number of benzene rings is 2. The third-order valence-electron chi connectivity index (χ3n) is 4.15. The second-order valence-corrected chi connectivity index (χ2v) is 9.10. The number of carbonyl (C=O) groups is 1. The first kappa shape index (κ1) is 24.7. The molecule has 2 rings (SSSR count). The van der Waals surface area contributed by atoms with E-state index in [0.29, 0.717) is 36.9 Å². The van der Waals surface area contributed by atoms with Gasteiger partial charge in [0.15, 0.2) is 0 Å². The van der Waals surface area contributed by atoms with Crippen molar-refractivity contribution in [3.8, 4) is 5.75 Å². The number of nitrogens with zero attached hydrogens (tertiary/aromatic N) is 2. The molecule has 8 nitrogen and oxygen atoms in total.